The molecule has 0 atom stereocenters. The number of nitrogens with zero attached hydrogens (tertiary/aromatic N) is 1. The third-order valence-electron chi connectivity index (χ3n) is 4.07. The number of halogens is 1. The van der Waals surface area contributed by atoms with Crippen molar-refractivity contribution in [3.63, 3.8) is 0 Å². The highest BCUT2D eigenvalue weighted by molar-refractivity contribution is 7.89. The SMILES string of the molecule is COc1ccc(S(=O)(=O)N(C)CC2CCCCC2)cc1F. The van der Waals surface area contributed by atoms with Crippen molar-refractivity contribution in [2.24, 2.45) is 5.92 Å². The predicted molar refractivity (Wildman–Crippen MR) is 79.3 cm³/mol. The number of rotatable bonds is 5. The highest BCUT2D eigenvalue weighted by Crippen LogP contribution is 2.27. The maximum absolute atomic E-state index is 13.7. The number of hydrogen-bond acceptors (Lipinski definition) is 3. The molecule has 0 heterocycles. The Morgan fingerprint density at radius 1 is 1.29 bits per heavy atom. The lowest BCUT2D eigenvalue weighted by molar-refractivity contribution is 0.300. The van der Waals surface area contributed by atoms with Gasteiger partial charge in [-0.05, 0) is 37.0 Å². The molecule has 0 spiro atoms. The van der Waals surface area contributed by atoms with Gasteiger partial charge in [-0.3, -0.25) is 0 Å². The van der Waals surface area contributed by atoms with E-state index >= 15 is 0 Å². The standard InChI is InChI=1S/C15H22FNO3S/c1-17(11-12-6-4-3-5-7-12)21(18,19)13-8-9-15(20-2)14(16)10-13/h8-10,12H,3-7,11H2,1-2H3. The lowest BCUT2D eigenvalue weighted by Crippen LogP contribution is -2.32. The van der Waals surface area contributed by atoms with Crippen LogP contribution in [0.25, 0.3) is 0 Å². The van der Waals surface area contributed by atoms with Gasteiger partial charge in [0.2, 0.25) is 10.0 Å². The Kier molecular flexibility index (Phi) is 5.22. The van der Waals surface area contributed by atoms with E-state index in [1.807, 2.05) is 0 Å². The molecule has 0 aromatic heterocycles. The first kappa shape index (κ1) is 16.2. The van der Waals surface area contributed by atoms with Crippen LogP contribution in [-0.2, 0) is 10.0 Å². The van der Waals surface area contributed by atoms with Gasteiger partial charge in [-0.2, -0.15) is 0 Å². The highest BCUT2D eigenvalue weighted by atomic mass is 32.2. The van der Waals surface area contributed by atoms with Gasteiger partial charge in [-0.1, -0.05) is 19.3 Å². The molecule has 4 nitrogen and oxygen atoms in total. The van der Waals surface area contributed by atoms with Crippen molar-refractivity contribution >= 4 is 10.0 Å². The van der Waals surface area contributed by atoms with Gasteiger partial charge in [-0.15, -0.1) is 0 Å². The zero-order valence-corrected chi connectivity index (χ0v) is 13.3. The van der Waals surface area contributed by atoms with Crippen LogP contribution in [0.3, 0.4) is 0 Å². The molecule has 6 heteroatoms. The molecule has 0 unspecified atom stereocenters. The Hall–Kier alpha value is -1.14. The number of methoxy groups -OCH3 is 1. The maximum Gasteiger partial charge on any atom is 0.242 e. The van der Waals surface area contributed by atoms with Gasteiger partial charge >= 0.3 is 0 Å². The summed E-state index contributed by atoms with van der Waals surface area (Å²) in [6, 6.07) is 3.75. The quantitative estimate of drug-likeness (QED) is 0.839. The second-order valence-corrected chi connectivity index (χ2v) is 7.63. The minimum Gasteiger partial charge on any atom is -0.494 e. The third kappa shape index (κ3) is 3.74. The van der Waals surface area contributed by atoms with Gasteiger partial charge in [0, 0.05) is 13.6 Å². The van der Waals surface area contributed by atoms with Crippen LogP contribution < -0.4 is 4.74 Å². The molecule has 21 heavy (non-hydrogen) atoms. The minimum absolute atomic E-state index is 0.0286. The van der Waals surface area contributed by atoms with E-state index in [1.165, 1.54) is 30.0 Å². The molecule has 1 aliphatic rings. The van der Waals surface area contributed by atoms with E-state index in [1.54, 1.807) is 7.05 Å². The summed E-state index contributed by atoms with van der Waals surface area (Å²) in [6.45, 7) is 0.496. The molecule has 1 saturated carbocycles. The van der Waals surface area contributed by atoms with Gasteiger partial charge < -0.3 is 4.74 Å². The molecule has 1 aromatic carbocycles. The first-order valence-corrected chi connectivity index (χ1v) is 8.69. The van der Waals surface area contributed by atoms with Gasteiger partial charge in [0.1, 0.15) is 0 Å². The van der Waals surface area contributed by atoms with Crippen molar-refractivity contribution in [2.45, 2.75) is 37.0 Å². The first-order chi connectivity index (χ1) is 9.95. The molecule has 0 bridgehead atoms. The highest BCUT2D eigenvalue weighted by Gasteiger charge is 2.25. The fourth-order valence-corrected chi connectivity index (χ4v) is 4.08. The van der Waals surface area contributed by atoms with Gasteiger partial charge in [-0.25, -0.2) is 17.1 Å². The van der Waals surface area contributed by atoms with E-state index < -0.39 is 15.8 Å². The second kappa shape index (κ2) is 6.75. The van der Waals surface area contributed by atoms with Crippen LogP contribution in [0.1, 0.15) is 32.1 Å². The number of benzene rings is 1. The number of ether oxygens (including phenoxy) is 1. The van der Waals surface area contributed by atoms with Crippen molar-refractivity contribution in [1.29, 1.82) is 0 Å². The predicted octanol–water partition coefficient (Wildman–Crippen LogP) is 3.04. The molecule has 118 valence electrons. The van der Waals surface area contributed by atoms with Crippen molar-refractivity contribution in [3.8, 4) is 5.75 Å². The van der Waals surface area contributed by atoms with Crippen molar-refractivity contribution in [1.82, 2.24) is 4.31 Å². The van der Waals surface area contributed by atoms with Crippen LogP contribution in [0.5, 0.6) is 5.75 Å². The average molecular weight is 315 g/mol. The summed E-state index contributed by atoms with van der Waals surface area (Å²) in [5.74, 6) is -0.213. The van der Waals surface area contributed by atoms with E-state index in [9.17, 15) is 12.8 Å². The fourth-order valence-electron chi connectivity index (χ4n) is 2.82. The smallest absolute Gasteiger partial charge is 0.242 e. The summed E-state index contributed by atoms with van der Waals surface area (Å²) in [5, 5.41) is 0. The molecule has 2 rings (SSSR count). The molecule has 1 fully saturated rings. The second-order valence-electron chi connectivity index (χ2n) is 5.59. The van der Waals surface area contributed by atoms with Crippen molar-refractivity contribution in [3.05, 3.63) is 24.0 Å². The van der Waals surface area contributed by atoms with Gasteiger partial charge in [0.25, 0.3) is 0 Å². The summed E-state index contributed by atoms with van der Waals surface area (Å²) in [6.07, 6.45) is 5.69. The first-order valence-electron chi connectivity index (χ1n) is 7.25. The molecule has 0 aliphatic heterocycles. The number of hydrogen-bond donors (Lipinski definition) is 0. The fraction of sp³-hybridized carbons (Fsp3) is 0.600. The molecule has 0 amide bonds. The van der Waals surface area contributed by atoms with Crippen molar-refractivity contribution < 1.29 is 17.5 Å². The van der Waals surface area contributed by atoms with E-state index in [-0.39, 0.29) is 10.6 Å². The van der Waals surface area contributed by atoms with Crippen LogP contribution in [0.15, 0.2) is 23.1 Å². The Labute approximate surface area is 126 Å². The van der Waals surface area contributed by atoms with Crippen LogP contribution >= 0.6 is 0 Å². The summed E-state index contributed by atoms with van der Waals surface area (Å²) in [5.41, 5.74) is 0. The minimum atomic E-state index is -3.65. The molecular formula is C15H22FNO3S. The molecule has 1 aliphatic carbocycles. The normalized spacial score (nSPS) is 17.1. The van der Waals surface area contributed by atoms with Crippen LogP contribution in [0.4, 0.5) is 4.39 Å². The van der Waals surface area contributed by atoms with Gasteiger partial charge in [0.15, 0.2) is 11.6 Å². The van der Waals surface area contributed by atoms with Crippen LogP contribution in [0, 0.1) is 11.7 Å². The van der Waals surface area contributed by atoms with Gasteiger partial charge in [0.05, 0.1) is 12.0 Å². The largest absolute Gasteiger partial charge is 0.494 e. The summed E-state index contributed by atoms with van der Waals surface area (Å²) in [4.78, 5) is -0.0286. The number of sulfonamides is 1. The van der Waals surface area contributed by atoms with Crippen LogP contribution in [-0.4, -0.2) is 33.4 Å². The topological polar surface area (TPSA) is 46.6 Å². The summed E-state index contributed by atoms with van der Waals surface area (Å²) >= 11 is 0. The zero-order chi connectivity index (χ0) is 15.5. The lowest BCUT2D eigenvalue weighted by atomic mass is 9.89. The third-order valence-corrected chi connectivity index (χ3v) is 5.89. The van der Waals surface area contributed by atoms with Crippen molar-refractivity contribution in [2.75, 3.05) is 20.7 Å². The molecule has 1 aromatic rings. The lowest BCUT2D eigenvalue weighted by Gasteiger charge is -2.26. The van der Waals surface area contributed by atoms with Crippen LogP contribution in [0.2, 0.25) is 0 Å². The Balaban J connectivity index is 2.14. The average Bonchev–Trinajstić information content (AvgIpc) is 2.48. The monoisotopic (exact) mass is 315 g/mol. The molecule has 0 saturated heterocycles. The molecular weight excluding hydrogens is 293 g/mol. The molecule has 0 N–H and O–H groups in total. The van der Waals surface area contributed by atoms with E-state index in [0.29, 0.717) is 12.5 Å². The summed E-state index contributed by atoms with van der Waals surface area (Å²) < 4.78 is 44.8. The van der Waals surface area contributed by atoms with E-state index in [2.05, 4.69) is 0 Å². The summed E-state index contributed by atoms with van der Waals surface area (Å²) in [7, 11) is -0.737. The van der Waals surface area contributed by atoms with E-state index in [4.69, 9.17) is 4.74 Å². The maximum atomic E-state index is 13.7. The Morgan fingerprint density at radius 2 is 1.95 bits per heavy atom. The molecule has 0 radical (unpaired) electrons. The zero-order valence-electron chi connectivity index (χ0n) is 12.5. The Bertz CT molecular complexity index is 583. The Morgan fingerprint density at radius 3 is 2.52 bits per heavy atom. The van der Waals surface area contributed by atoms with E-state index in [0.717, 1.165) is 31.7 Å².